The third kappa shape index (κ3) is 2.55. The number of hydrogen-bond donors (Lipinski definition) is 2. The molecule has 3 aromatic heterocycles. The van der Waals surface area contributed by atoms with Crippen LogP contribution in [0.2, 0.25) is 0 Å². The van der Waals surface area contributed by atoms with E-state index in [1.807, 2.05) is 0 Å². The summed E-state index contributed by atoms with van der Waals surface area (Å²) in [6.45, 7) is 0. The molecule has 0 radical (unpaired) electrons. The normalized spacial score (nSPS) is 18.5. The molecule has 1 aliphatic carbocycles. The van der Waals surface area contributed by atoms with E-state index < -0.39 is 22.9 Å². The highest BCUT2D eigenvalue weighted by atomic mass is 19.2. The van der Waals surface area contributed by atoms with Crippen LogP contribution in [0.15, 0.2) is 52.4 Å². The van der Waals surface area contributed by atoms with Gasteiger partial charge in [0.15, 0.2) is 17.3 Å². The second-order valence-electron chi connectivity index (χ2n) is 6.76. The second kappa shape index (κ2) is 5.95. The van der Waals surface area contributed by atoms with Gasteiger partial charge in [-0.15, -0.1) is 0 Å². The zero-order valence-corrected chi connectivity index (χ0v) is 14.3. The molecule has 1 aromatic carbocycles. The molecule has 0 aliphatic heterocycles. The average molecular weight is 381 g/mol. The first-order valence-corrected chi connectivity index (χ1v) is 8.63. The van der Waals surface area contributed by atoms with Crippen molar-refractivity contribution in [3.63, 3.8) is 0 Å². The lowest BCUT2D eigenvalue weighted by atomic mass is 10.0. The Morgan fingerprint density at radius 1 is 1.14 bits per heavy atom. The van der Waals surface area contributed by atoms with E-state index in [1.165, 1.54) is 16.8 Å². The maximum Gasteiger partial charge on any atom is 0.325 e. The lowest BCUT2D eigenvalue weighted by Crippen LogP contribution is -2.23. The molecule has 140 valence electrons. The quantitative estimate of drug-likeness (QED) is 0.569. The Morgan fingerprint density at radius 2 is 1.96 bits per heavy atom. The molecular formula is C19H13F2N5O2. The number of hydrogen-bond acceptors (Lipinski definition) is 4. The summed E-state index contributed by atoms with van der Waals surface area (Å²) in [5.41, 5.74) is 1.08. The van der Waals surface area contributed by atoms with Crippen LogP contribution in [0.25, 0.3) is 16.9 Å². The minimum Gasteiger partial charge on any atom is -0.313 e. The van der Waals surface area contributed by atoms with Gasteiger partial charge >= 0.3 is 5.69 Å². The summed E-state index contributed by atoms with van der Waals surface area (Å²) >= 11 is 0. The van der Waals surface area contributed by atoms with Crippen molar-refractivity contribution in [1.29, 1.82) is 0 Å². The van der Waals surface area contributed by atoms with Crippen molar-refractivity contribution in [1.82, 2.24) is 24.6 Å². The lowest BCUT2D eigenvalue weighted by molar-refractivity contribution is 0.498. The number of nitrogens with one attached hydrogen (secondary N) is 2. The standard InChI is InChI=1S/C19H13F2N5O2/c20-14-3-1-2-9(16(14)21)10-6-11(10)12-7-15(25-26-5-4-22-17(12)26)13-8-23-19(28)24-18(13)27/h1-5,7-8,10-11H,6H2,(H2,23,24,27,28)/t10-,11+/m0/s1. The van der Waals surface area contributed by atoms with Crippen LogP contribution in [0, 0.1) is 11.6 Å². The summed E-state index contributed by atoms with van der Waals surface area (Å²) in [5, 5.41) is 4.37. The van der Waals surface area contributed by atoms with Gasteiger partial charge in [-0.2, -0.15) is 5.10 Å². The Kier molecular flexibility index (Phi) is 3.51. The topological polar surface area (TPSA) is 95.9 Å². The largest absolute Gasteiger partial charge is 0.325 e. The van der Waals surface area contributed by atoms with E-state index >= 15 is 0 Å². The van der Waals surface area contributed by atoms with E-state index in [0.717, 1.165) is 11.6 Å². The molecule has 0 spiro atoms. The number of halogens is 2. The monoisotopic (exact) mass is 381 g/mol. The highest BCUT2D eigenvalue weighted by Gasteiger charge is 2.43. The van der Waals surface area contributed by atoms with Crippen LogP contribution in [0.3, 0.4) is 0 Å². The zero-order chi connectivity index (χ0) is 19.4. The third-order valence-electron chi connectivity index (χ3n) is 5.05. The van der Waals surface area contributed by atoms with E-state index in [-0.39, 0.29) is 17.4 Å². The first kappa shape index (κ1) is 16.5. The molecule has 0 bridgehead atoms. The number of H-pyrrole nitrogens is 2. The van der Waals surface area contributed by atoms with Gasteiger partial charge in [-0.25, -0.2) is 23.1 Å². The molecule has 2 N–H and O–H groups in total. The summed E-state index contributed by atoms with van der Waals surface area (Å²) < 4.78 is 29.3. The van der Waals surface area contributed by atoms with Gasteiger partial charge in [0.25, 0.3) is 5.56 Å². The minimum absolute atomic E-state index is 0.0789. The predicted octanol–water partition coefficient (Wildman–Crippen LogP) is 2.32. The van der Waals surface area contributed by atoms with Crippen molar-refractivity contribution >= 4 is 5.65 Å². The van der Waals surface area contributed by atoms with Gasteiger partial charge in [-0.1, -0.05) is 12.1 Å². The fourth-order valence-electron chi connectivity index (χ4n) is 3.63. The van der Waals surface area contributed by atoms with Crippen molar-refractivity contribution in [2.45, 2.75) is 18.3 Å². The lowest BCUT2D eigenvalue weighted by Gasteiger charge is -2.08. The van der Waals surface area contributed by atoms with Gasteiger partial charge in [0, 0.05) is 24.2 Å². The fourth-order valence-corrected chi connectivity index (χ4v) is 3.63. The summed E-state index contributed by atoms with van der Waals surface area (Å²) in [6.07, 6.45) is 5.15. The van der Waals surface area contributed by atoms with Crippen molar-refractivity contribution in [2.75, 3.05) is 0 Å². The minimum atomic E-state index is -0.871. The maximum atomic E-state index is 14.2. The highest BCUT2D eigenvalue weighted by molar-refractivity contribution is 5.63. The Bertz CT molecular complexity index is 1340. The molecule has 1 aliphatic rings. The molecule has 1 fully saturated rings. The number of nitrogens with zero attached hydrogens (tertiary/aromatic N) is 3. The predicted molar refractivity (Wildman–Crippen MR) is 96.1 cm³/mol. The van der Waals surface area contributed by atoms with Gasteiger partial charge in [0.1, 0.15) is 0 Å². The van der Waals surface area contributed by atoms with Gasteiger partial charge < -0.3 is 4.98 Å². The van der Waals surface area contributed by atoms with Crippen LogP contribution in [-0.4, -0.2) is 24.6 Å². The van der Waals surface area contributed by atoms with E-state index in [1.54, 1.807) is 24.5 Å². The smallest absolute Gasteiger partial charge is 0.313 e. The zero-order valence-electron chi connectivity index (χ0n) is 14.3. The van der Waals surface area contributed by atoms with E-state index in [4.69, 9.17) is 0 Å². The molecule has 0 saturated heterocycles. The van der Waals surface area contributed by atoms with Crippen molar-refractivity contribution in [2.24, 2.45) is 0 Å². The van der Waals surface area contributed by atoms with E-state index in [9.17, 15) is 18.4 Å². The Balaban J connectivity index is 1.62. The SMILES string of the molecule is O=c1[nH]cc(-c2cc([C@@H]3C[C@H]3c3cccc(F)c3F)c3nccn3n2)c(=O)[nH]1. The first-order valence-electron chi connectivity index (χ1n) is 8.63. The average Bonchev–Trinajstić information content (AvgIpc) is 3.31. The maximum absolute atomic E-state index is 14.2. The molecule has 4 aromatic rings. The summed E-state index contributed by atoms with van der Waals surface area (Å²) in [5.74, 6) is -1.96. The first-order chi connectivity index (χ1) is 13.5. The Morgan fingerprint density at radius 3 is 2.79 bits per heavy atom. The molecule has 0 unspecified atom stereocenters. The molecule has 7 nitrogen and oxygen atoms in total. The summed E-state index contributed by atoms with van der Waals surface area (Å²) in [4.78, 5) is 32.3. The van der Waals surface area contributed by atoms with Crippen LogP contribution in [0.4, 0.5) is 8.78 Å². The number of imidazole rings is 1. The van der Waals surface area contributed by atoms with Crippen LogP contribution in [0.5, 0.6) is 0 Å². The van der Waals surface area contributed by atoms with Crippen LogP contribution in [-0.2, 0) is 0 Å². The number of aromatic nitrogens is 5. The van der Waals surface area contributed by atoms with Crippen molar-refractivity contribution in [3.05, 3.63) is 86.5 Å². The fraction of sp³-hybridized carbons (Fsp3) is 0.158. The molecule has 28 heavy (non-hydrogen) atoms. The van der Waals surface area contributed by atoms with E-state index in [2.05, 4.69) is 20.1 Å². The molecular weight excluding hydrogens is 368 g/mol. The Hall–Kier alpha value is -3.62. The van der Waals surface area contributed by atoms with Crippen molar-refractivity contribution in [3.8, 4) is 11.3 Å². The Labute approximate surface area is 155 Å². The highest BCUT2D eigenvalue weighted by Crippen LogP contribution is 2.56. The van der Waals surface area contributed by atoms with Crippen LogP contribution >= 0.6 is 0 Å². The summed E-state index contributed by atoms with van der Waals surface area (Å²) in [7, 11) is 0. The molecule has 9 heteroatoms. The van der Waals surface area contributed by atoms with Crippen molar-refractivity contribution < 1.29 is 8.78 Å². The molecule has 1 saturated carbocycles. The number of fused-ring (bicyclic) bond motifs is 1. The van der Waals surface area contributed by atoms with Gasteiger partial charge in [0.2, 0.25) is 0 Å². The number of aromatic amines is 2. The molecule has 0 amide bonds. The summed E-state index contributed by atoms with van der Waals surface area (Å²) in [6, 6.07) is 5.88. The molecule has 5 rings (SSSR count). The van der Waals surface area contributed by atoms with E-state index in [0.29, 0.717) is 23.3 Å². The second-order valence-corrected chi connectivity index (χ2v) is 6.76. The van der Waals surface area contributed by atoms with Gasteiger partial charge in [-0.05, 0) is 36.0 Å². The van der Waals surface area contributed by atoms with Crippen LogP contribution < -0.4 is 11.2 Å². The number of rotatable bonds is 3. The molecule has 3 heterocycles. The van der Waals surface area contributed by atoms with Gasteiger partial charge in [-0.3, -0.25) is 9.78 Å². The van der Waals surface area contributed by atoms with Gasteiger partial charge in [0.05, 0.1) is 11.3 Å². The molecule has 2 atom stereocenters. The number of benzene rings is 1. The van der Waals surface area contributed by atoms with Crippen LogP contribution in [0.1, 0.15) is 29.4 Å². The third-order valence-corrected chi connectivity index (χ3v) is 5.05.